The topological polar surface area (TPSA) is 51.2 Å². The summed E-state index contributed by atoms with van der Waals surface area (Å²) in [7, 11) is 0. The number of rotatable bonds is 3. The van der Waals surface area contributed by atoms with Crippen LogP contribution in [0.4, 0.5) is 5.69 Å². The average Bonchev–Trinajstić information content (AvgIpc) is 2.08. The van der Waals surface area contributed by atoms with E-state index in [2.05, 4.69) is 16.5 Å². The summed E-state index contributed by atoms with van der Waals surface area (Å²) in [6.07, 6.45) is 4.21. The number of hydrogen-bond donors (Lipinski definition) is 1. The highest BCUT2D eigenvalue weighted by Crippen LogP contribution is 2.21. The highest BCUT2D eigenvalue weighted by Gasteiger charge is 2.03. The van der Waals surface area contributed by atoms with Crippen LogP contribution in [0, 0.1) is 6.20 Å². The first-order valence-corrected chi connectivity index (χ1v) is 4.01. The number of carbonyl (C=O) groups is 1. The molecule has 1 amide bonds. The minimum absolute atomic E-state index is 0.138. The number of amides is 1. The SMILES string of the molecule is CCOc1[c]nccc1NC(C)=O. The Morgan fingerprint density at radius 2 is 2.54 bits per heavy atom. The van der Waals surface area contributed by atoms with E-state index in [1.807, 2.05) is 6.92 Å². The summed E-state index contributed by atoms with van der Waals surface area (Å²) >= 11 is 0. The van der Waals surface area contributed by atoms with Crippen molar-refractivity contribution < 1.29 is 9.53 Å². The van der Waals surface area contributed by atoms with Gasteiger partial charge in [0.15, 0.2) is 5.75 Å². The van der Waals surface area contributed by atoms with Crippen LogP contribution in [-0.2, 0) is 4.79 Å². The molecule has 4 heteroatoms. The Hall–Kier alpha value is -1.58. The summed E-state index contributed by atoms with van der Waals surface area (Å²) in [6, 6.07) is 1.67. The van der Waals surface area contributed by atoms with Crippen molar-refractivity contribution in [1.29, 1.82) is 0 Å². The summed E-state index contributed by atoms with van der Waals surface area (Å²) in [4.78, 5) is 14.5. The summed E-state index contributed by atoms with van der Waals surface area (Å²) in [5.74, 6) is 0.334. The van der Waals surface area contributed by atoms with Crippen LogP contribution in [-0.4, -0.2) is 17.5 Å². The molecular weight excluding hydrogens is 168 g/mol. The first-order valence-electron chi connectivity index (χ1n) is 4.01. The Morgan fingerprint density at radius 1 is 1.77 bits per heavy atom. The van der Waals surface area contributed by atoms with Gasteiger partial charge in [-0.3, -0.25) is 9.78 Å². The Kier molecular flexibility index (Phi) is 3.25. The molecule has 0 atom stereocenters. The number of ether oxygens (including phenoxy) is 1. The number of carbonyl (C=O) groups excluding carboxylic acids is 1. The lowest BCUT2D eigenvalue weighted by molar-refractivity contribution is -0.114. The van der Waals surface area contributed by atoms with Gasteiger partial charge in [0.25, 0.3) is 0 Å². The number of pyridine rings is 1. The highest BCUT2D eigenvalue weighted by atomic mass is 16.5. The van der Waals surface area contributed by atoms with Crippen LogP contribution < -0.4 is 10.1 Å². The highest BCUT2D eigenvalue weighted by molar-refractivity contribution is 5.90. The molecule has 0 spiro atoms. The Balaban J connectivity index is 2.84. The Labute approximate surface area is 76.9 Å². The number of aromatic nitrogens is 1. The van der Waals surface area contributed by atoms with E-state index in [1.165, 1.54) is 6.92 Å². The van der Waals surface area contributed by atoms with Gasteiger partial charge in [-0.1, -0.05) is 0 Å². The molecule has 1 radical (unpaired) electrons. The molecule has 1 aromatic heterocycles. The van der Waals surface area contributed by atoms with Gasteiger partial charge in [0, 0.05) is 13.1 Å². The van der Waals surface area contributed by atoms with Crippen LogP contribution >= 0.6 is 0 Å². The van der Waals surface area contributed by atoms with E-state index in [-0.39, 0.29) is 5.91 Å². The molecule has 0 aliphatic heterocycles. The largest absolute Gasteiger partial charge is 0.489 e. The molecular formula is C9H11N2O2. The molecule has 0 unspecified atom stereocenters. The monoisotopic (exact) mass is 179 g/mol. The van der Waals surface area contributed by atoms with E-state index in [4.69, 9.17) is 4.74 Å². The number of nitrogens with one attached hydrogen (secondary N) is 1. The van der Waals surface area contributed by atoms with Crippen molar-refractivity contribution in [1.82, 2.24) is 4.98 Å². The Bertz CT molecular complexity index is 299. The predicted molar refractivity (Wildman–Crippen MR) is 48.5 cm³/mol. The van der Waals surface area contributed by atoms with Gasteiger partial charge >= 0.3 is 0 Å². The molecule has 1 heterocycles. The van der Waals surface area contributed by atoms with Gasteiger partial charge < -0.3 is 10.1 Å². The fourth-order valence-electron chi connectivity index (χ4n) is 0.886. The standard InChI is InChI=1S/C9H11N2O2/c1-3-13-9-6-10-5-4-8(9)11-7(2)12/h4-5H,3H2,1-2H3,(H,10,11,12). The second kappa shape index (κ2) is 4.45. The normalized spacial score (nSPS) is 9.38. The third-order valence-electron chi connectivity index (χ3n) is 1.33. The molecule has 1 rings (SSSR count). The van der Waals surface area contributed by atoms with E-state index in [1.54, 1.807) is 12.3 Å². The van der Waals surface area contributed by atoms with Crippen LogP contribution in [0.1, 0.15) is 13.8 Å². The molecule has 0 aliphatic carbocycles. The van der Waals surface area contributed by atoms with E-state index >= 15 is 0 Å². The van der Waals surface area contributed by atoms with E-state index < -0.39 is 0 Å². The van der Waals surface area contributed by atoms with Gasteiger partial charge in [0.2, 0.25) is 5.91 Å². The first-order chi connectivity index (χ1) is 6.24. The minimum atomic E-state index is -0.138. The Morgan fingerprint density at radius 3 is 3.15 bits per heavy atom. The lowest BCUT2D eigenvalue weighted by atomic mass is 10.3. The van der Waals surface area contributed by atoms with Crippen molar-refractivity contribution in [3.05, 3.63) is 18.5 Å². The average molecular weight is 179 g/mol. The molecule has 1 N–H and O–H groups in total. The third-order valence-corrected chi connectivity index (χ3v) is 1.33. The molecule has 0 bridgehead atoms. The van der Waals surface area contributed by atoms with E-state index in [0.29, 0.717) is 18.0 Å². The van der Waals surface area contributed by atoms with Crippen molar-refractivity contribution >= 4 is 11.6 Å². The quantitative estimate of drug-likeness (QED) is 0.759. The lowest BCUT2D eigenvalue weighted by Crippen LogP contribution is -2.08. The van der Waals surface area contributed by atoms with Crippen LogP contribution in [0.3, 0.4) is 0 Å². The number of anilines is 1. The van der Waals surface area contributed by atoms with Gasteiger partial charge in [-0.2, -0.15) is 0 Å². The fraction of sp³-hybridized carbons (Fsp3) is 0.333. The van der Waals surface area contributed by atoms with E-state index in [9.17, 15) is 4.79 Å². The smallest absolute Gasteiger partial charge is 0.221 e. The summed E-state index contributed by atoms with van der Waals surface area (Å²) in [6.45, 7) is 3.82. The maximum atomic E-state index is 10.8. The van der Waals surface area contributed by atoms with Crippen LogP contribution in [0.15, 0.2) is 12.3 Å². The van der Waals surface area contributed by atoms with Crippen molar-refractivity contribution in [2.24, 2.45) is 0 Å². The second-order valence-corrected chi connectivity index (χ2v) is 2.41. The van der Waals surface area contributed by atoms with Crippen molar-refractivity contribution in [2.45, 2.75) is 13.8 Å². The zero-order valence-corrected chi connectivity index (χ0v) is 7.63. The maximum Gasteiger partial charge on any atom is 0.221 e. The van der Waals surface area contributed by atoms with Crippen molar-refractivity contribution in [3.63, 3.8) is 0 Å². The zero-order chi connectivity index (χ0) is 9.68. The molecule has 4 nitrogen and oxygen atoms in total. The first kappa shape index (κ1) is 9.51. The third kappa shape index (κ3) is 2.74. The molecule has 0 fully saturated rings. The van der Waals surface area contributed by atoms with Gasteiger partial charge in [0.1, 0.15) is 6.20 Å². The molecule has 69 valence electrons. The summed E-state index contributed by atoms with van der Waals surface area (Å²) in [5, 5.41) is 2.62. The summed E-state index contributed by atoms with van der Waals surface area (Å²) in [5.41, 5.74) is 0.601. The van der Waals surface area contributed by atoms with Crippen molar-refractivity contribution in [2.75, 3.05) is 11.9 Å². The van der Waals surface area contributed by atoms with Gasteiger partial charge in [-0.15, -0.1) is 0 Å². The van der Waals surface area contributed by atoms with Crippen LogP contribution in [0.2, 0.25) is 0 Å². The number of hydrogen-bond acceptors (Lipinski definition) is 3. The summed E-state index contributed by atoms with van der Waals surface area (Å²) < 4.78 is 5.21. The van der Waals surface area contributed by atoms with Gasteiger partial charge in [-0.25, -0.2) is 0 Å². The fourth-order valence-corrected chi connectivity index (χ4v) is 0.886. The second-order valence-electron chi connectivity index (χ2n) is 2.41. The number of nitrogens with zero attached hydrogens (tertiary/aromatic N) is 1. The lowest BCUT2D eigenvalue weighted by Gasteiger charge is -2.07. The molecule has 0 aliphatic rings. The minimum Gasteiger partial charge on any atom is -0.489 e. The predicted octanol–water partition coefficient (Wildman–Crippen LogP) is 1.24. The maximum absolute atomic E-state index is 10.8. The molecule has 1 aromatic rings. The van der Waals surface area contributed by atoms with E-state index in [0.717, 1.165) is 0 Å². The van der Waals surface area contributed by atoms with Crippen LogP contribution in [0.25, 0.3) is 0 Å². The van der Waals surface area contributed by atoms with Crippen molar-refractivity contribution in [3.8, 4) is 5.75 Å². The molecule has 13 heavy (non-hydrogen) atoms. The van der Waals surface area contributed by atoms with Crippen LogP contribution in [0.5, 0.6) is 5.75 Å². The molecule has 0 saturated carbocycles. The molecule has 0 aromatic carbocycles. The zero-order valence-electron chi connectivity index (χ0n) is 7.63. The van der Waals surface area contributed by atoms with Gasteiger partial charge in [0.05, 0.1) is 12.3 Å². The molecule has 0 saturated heterocycles. The van der Waals surface area contributed by atoms with Gasteiger partial charge in [-0.05, 0) is 13.0 Å².